The van der Waals surface area contributed by atoms with Crippen molar-refractivity contribution in [2.24, 2.45) is 5.73 Å². The van der Waals surface area contributed by atoms with Crippen molar-refractivity contribution in [1.29, 1.82) is 0 Å². The van der Waals surface area contributed by atoms with Gasteiger partial charge >= 0.3 is 0 Å². The molecular weight excluding hydrogens is 252 g/mol. The van der Waals surface area contributed by atoms with Crippen molar-refractivity contribution in [3.8, 4) is 0 Å². The van der Waals surface area contributed by atoms with Crippen LogP contribution in [0.1, 0.15) is 22.4 Å². The van der Waals surface area contributed by atoms with Crippen LogP contribution >= 0.6 is 22.7 Å². The highest BCUT2D eigenvalue weighted by Crippen LogP contribution is 2.19. The topological polar surface area (TPSA) is 56.2 Å². The number of rotatable bonds is 3. The standard InChI is InChI=1S/C11H12N4S2/c1-7-13-10(6-17-7)9(12)4-8-5-15-2-3-16-11(15)14-8/h2-3,5-6,9H,4,12H2,1H3. The van der Waals surface area contributed by atoms with Crippen molar-refractivity contribution in [1.82, 2.24) is 14.4 Å². The molecule has 0 aliphatic rings. The SMILES string of the molecule is Cc1nc(C(N)Cc2cn3ccsc3n2)cs1. The van der Waals surface area contributed by atoms with Gasteiger partial charge in [0, 0.05) is 29.6 Å². The molecule has 0 radical (unpaired) electrons. The summed E-state index contributed by atoms with van der Waals surface area (Å²) in [6, 6.07) is -0.0652. The van der Waals surface area contributed by atoms with E-state index in [1.54, 1.807) is 22.7 Å². The van der Waals surface area contributed by atoms with Crippen molar-refractivity contribution >= 4 is 27.6 Å². The molecule has 4 nitrogen and oxygen atoms in total. The van der Waals surface area contributed by atoms with Crippen LogP contribution in [0.2, 0.25) is 0 Å². The number of imidazole rings is 1. The lowest BCUT2D eigenvalue weighted by Gasteiger charge is -2.05. The molecule has 6 heteroatoms. The molecule has 3 aromatic heterocycles. The molecule has 2 N–H and O–H groups in total. The molecule has 0 aliphatic heterocycles. The van der Waals surface area contributed by atoms with E-state index in [9.17, 15) is 0 Å². The van der Waals surface area contributed by atoms with Crippen molar-refractivity contribution in [3.05, 3.63) is 39.5 Å². The molecule has 0 bridgehead atoms. The minimum atomic E-state index is -0.0652. The number of nitrogens with two attached hydrogens (primary N) is 1. The van der Waals surface area contributed by atoms with Gasteiger partial charge in [-0.05, 0) is 6.92 Å². The van der Waals surface area contributed by atoms with Crippen LogP contribution in [0.5, 0.6) is 0 Å². The maximum atomic E-state index is 6.13. The van der Waals surface area contributed by atoms with E-state index in [0.717, 1.165) is 27.8 Å². The van der Waals surface area contributed by atoms with E-state index in [4.69, 9.17) is 5.73 Å². The van der Waals surface area contributed by atoms with E-state index in [0.29, 0.717) is 0 Å². The van der Waals surface area contributed by atoms with E-state index in [-0.39, 0.29) is 6.04 Å². The van der Waals surface area contributed by atoms with E-state index < -0.39 is 0 Å². The first-order chi connectivity index (χ1) is 8.22. The Morgan fingerprint density at radius 2 is 2.29 bits per heavy atom. The first kappa shape index (κ1) is 10.9. The third-order valence-corrected chi connectivity index (χ3v) is 4.15. The second-order valence-corrected chi connectivity index (χ2v) is 5.86. The largest absolute Gasteiger partial charge is 0.322 e. The van der Waals surface area contributed by atoms with Gasteiger partial charge in [0.05, 0.1) is 22.4 Å². The number of fused-ring (bicyclic) bond motifs is 1. The van der Waals surface area contributed by atoms with Crippen molar-refractivity contribution in [2.75, 3.05) is 0 Å². The Morgan fingerprint density at radius 1 is 1.41 bits per heavy atom. The molecular formula is C11H12N4S2. The molecule has 0 amide bonds. The summed E-state index contributed by atoms with van der Waals surface area (Å²) in [5, 5.41) is 5.11. The molecule has 0 aromatic carbocycles. The summed E-state index contributed by atoms with van der Waals surface area (Å²) in [6.45, 7) is 1.99. The molecule has 17 heavy (non-hydrogen) atoms. The number of thiazole rings is 2. The maximum Gasteiger partial charge on any atom is 0.193 e. The Kier molecular flexibility index (Phi) is 2.70. The van der Waals surface area contributed by atoms with Gasteiger partial charge in [-0.25, -0.2) is 9.97 Å². The lowest BCUT2D eigenvalue weighted by Crippen LogP contribution is -2.14. The van der Waals surface area contributed by atoms with Gasteiger partial charge in [0.2, 0.25) is 0 Å². The van der Waals surface area contributed by atoms with Crippen LogP contribution in [0.25, 0.3) is 4.96 Å². The quantitative estimate of drug-likeness (QED) is 0.790. The third kappa shape index (κ3) is 2.11. The van der Waals surface area contributed by atoms with Crippen molar-refractivity contribution < 1.29 is 0 Å². The second-order valence-electron chi connectivity index (χ2n) is 3.93. The molecule has 0 aliphatic carbocycles. The van der Waals surface area contributed by atoms with Gasteiger partial charge in [-0.15, -0.1) is 22.7 Å². The van der Waals surface area contributed by atoms with Gasteiger partial charge in [0.15, 0.2) is 4.96 Å². The summed E-state index contributed by atoms with van der Waals surface area (Å²) in [7, 11) is 0. The molecule has 1 unspecified atom stereocenters. The van der Waals surface area contributed by atoms with Crippen LogP contribution < -0.4 is 5.73 Å². The van der Waals surface area contributed by atoms with Crippen molar-refractivity contribution in [2.45, 2.75) is 19.4 Å². The van der Waals surface area contributed by atoms with E-state index >= 15 is 0 Å². The number of hydrogen-bond acceptors (Lipinski definition) is 5. The third-order valence-electron chi connectivity index (χ3n) is 2.59. The van der Waals surface area contributed by atoms with Gasteiger partial charge in [-0.1, -0.05) is 0 Å². The van der Waals surface area contributed by atoms with E-state index in [1.807, 2.05) is 34.5 Å². The number of hydrogen-bond donors (Lipinski definition) is 1. The fraction of sp³-hybridized carbons (Fsp3) is 0.273. The minimum absolute atomic E-state index is 0.0652. The van der Waals surface area contributed by atoms with Gasteiger partial charge < -0.3 is 5.73 Å². The van der Waals surface area contributed by atoms with E-state index in [1.165, 1.54) is 0 Å². The summed E-state index contributed by atoms with van der Waals surface area (Å²) in [4.78, 5) is 9.95. The Balaban J connectivity index is 1.80. The minimum Gasteiger partial charge on any atom is -0.322 e. The molecule has 0 fully saturated rings. The Labute approximate surface area is 107 Å². The number of aryl methyl sites for hydroxylation is 1. The predicted molar refractivity (Wildman–Crippen MR) is 70.6 cm³/mol. The van der Waals surface area contributed by atoms with Crippen LogP contribution in [-0.4, -0.2) is 14.4 Å². The summed E-state index contributed by atoms with van der Waals surface area (Å²) in [5.74, 6) is 0. The van der Waals surface area contributed by atoms with Crippen LogP contribution in [-0.2, 0) is 6.42 Å². The van der Waals surface area contributed by atoms with Crippen molar-refractivity contribution in [3.63, 3.8) is 0 Å². The predicted octanol–water partition coefficient (Wildman–Crippen LogP) is 2.40. The van der Waals surface area contributed by atoms with Crippen LogP contribution in [0.4, 0.5) is 0 Å². The lowest BCUT2D eigenvalue weighted by atomic mass is 10.1. The average Bonchev–Trinajstić information content (AvgIpc) is 2.92. The molecule has 1 atom stereocenters. The Hall–Kier alpha value is -1.24. The second kappa shape index (κ2) is 4.21. The van der Waals surface area contributed by atoms with Crippen LogP contribution in [0.3, 0.4) is 0 Å². The first-order valence-corrected chi connectivity index (χ1v) is 7.07. The van der Waals surface area contributed by atoms with Crippen LogP contribution in [0, 0.1) is 6.92 Å². The summed E-state index contributed by atoms with van der Waals surface area (Å²) < 4.78 is 2.03. The van der Waals surface area contributed by atoms with Gasteiger partial charge in [0.25, 0.3) is 0 Å². The van der Waals surface area contributed by atoms with Gasteiger partial charge in [0.1, 0.15) is 0 Å². The number of nitrogens with zero attached hydrogens (tertiary/aromatic N) is 3. The molecule has 3 heterocycles. The fourth-order valence-corrected chi connectivity index (χ4v) is 3.15. The maximum absolute atomic E-state index is 6.13. The fourth-order valence-electron chi connectivity index (χ4n) is 1.75. The molecule has 0 saturated carbocycles. The summed E-state index contributed by atoms with van der Waals surface area (Å²) in [6.07, 6.45) is 4.78. The van der Waals surface area contributed by atoms with Gasteiger partial charge in [-0.2, -0.15) is 0 Å². The monoisotopic (exact) mass is 264 g/mol. The van der Waals surface area contributed by atoms with Gasteiger partial charge in [-0.3, -0.25) is 4.40 Å². The highest BCUT2D eigenvalue weighted by atomic mass is 32.1. The highest BCUT2D eigenvalue weighted by molar-refractivity contribution is 7.15. The molecule has 0 saturated heterocycles. The molecule has 0 spiro atoms. The molecule has 3 aromatic rings. The average molecular weight is 264 g/mol. The first-order valence-electron chi connectivity index (χ1n) is 5.31. The Morgan fingerprint density at radius 3 is 3.00 bits per heavy atom. The zero-order valence-corrected chi connectivity index (χ0v) is 11.0. The summed E-state index contributed by atoms with van der Waals surface area (Å²) in [5.41, 5.74) is 8.11. The van der Waals surface area contributed by atoms with Crippen LogP contribution in [0.15, 0.2) is 23.2 Å². The molecule has 3 rings (SSSR count). The molecule has 88 valence electrons. The highest BCUT2D eigenvalue weighted by Gasteiger charge is 2.12. The smallest absolute Gasteiger partial charge is 0.193 e. The zero-order valence-electron chi connectivity index (χ0n) is 9.33. The number of aromatic nitrogens is 3. The zero-order chi connectivity index (χ0) is 11.8. The lowest BCUT2D eigenvalue weighted by molar-refractivity contribution is 0.690. The Bertz CT molecular complexity index is 608. The normalized spacial score (nSPS) is 13.3. The van der Waals surface area contributed by atoms with E-state index in [2.05, 4.69) is 9.97 Å². The summed E-state index contributed by atoms with van der Waals surface area (Å²) >= 11 is 3.27.